The minimum Gasteiger partial charge on any atom is -0.367 e. The molecule has 104 valence electrons. The van der Waals surface area contributed by atoms with Gasteiger partial charge in [-0.15, -0.1) is 6.58 Å². The van der Waals surface area contributed by atoms with Crippen molar-refractivity contribution in [1.29, 1.82) is 0 Å². The maximum atomic E-state index is 3.88. The zero-order chi connectivity index (χ0) is 14.2. The van der Waals surface area contributed by atoms with Crippen molar-refractivity contribution >= 4 is 21.6 Å². The summed E-state index contributed by atoms with van der Waals surface area (Å²) in [7, 11) is 0. The van der Waals surface area contributed by atoms with E-state index in [1.54, 1.807) is 0 Å². The lowest BCUT2D eigenvalue weighted by Gasteiger charge is -2.41. The third-order valence-corrected chi connectivity index (χ3v) is 4.76. The van der Waals surface area contributed by atoms with Crippen molar-refractivity contribution in [2.24, 2.45) is 0 Å². The summed E-state index contributed by atoms with van der Waals surface area (Å²) in [5, 5.41) is 0. The Bertz CT molecular complexity index is 488. The summed E-state index contributed by atoms with van der Waals surface area (Å²) in [6, 6.07) is 4.68. The quantitative estimate of drug-likeness (QED) is 0.687. The number of hydrogen-bond donors (Lipinski definition) is 0. The third kappa shape index (κ3) is 2.74. The molecule has 1 nitrogen and oxygen atoms in total. The summed E-state index contributed by atoms with van der Waals surface area (Å²) in [4.78, 5) is 2.43. The molecule has 1 aromatic carbocycles. The topological polar surface area (TPSA) is 3.24 Å². The summed E-state index contributed by atoms with van der Waals surface area (Å²) in [5.41, 5.74) is 4.50. The van der Waals surface area contributed by atoms with Crippen LogP contribution in [-0.4, -0.2) is 13.1 Å². The van der Waals surface area contributed by atoms with Gasteiger partial charge in [-0.25, -0.2) is 0 Å². The summed E-state index contributed by atoms with van der Waals surface area (Å²) in [5.74, 6) is 0.562. The fourth-order valence-electron chi connectivity index (χ4n) is 2.79. The Morgan fingerprint density at radius 3 is 2.68 bits per heavy atom. The van der Waals surface area contributed by atoms with Gasteiger partial charge in [-0.05, 0) is 50.9 Å². The van der Waals surface area contributed by atoms with Gasteiger partial charge in [0.05, 0.1) is 5.69 Å². The second-order valence-electron chi connectivity index (χ2n) is 6.42. The molecule has 0 N–H and O–H groups in total. The first-order chi connectivity index (χ1) is 8.86. The van der Waals surface area contributed by atoms with Crippen LogP contribution in [0.25, 0.3) is 0 Å². The summed E-state index contributed by atoms with van der Waals surface area (Å²) >= 11 is 3.79. The zero-order valence-electron chi connectivity index (χ0n) is 12.5. The van der Waals surface area contributed by atoms with E-state index in [1.807, 2.05) is 6.08 Å². The van der Waals surface area contributed by atoms with Crippen LogP contribution in [-0.2, 0) is 5.41 Å². The SMILES string of the molecule is C=CCN1CCC(C)(C)c2cc(C(C)C)cc(Br)c21. The molecule has 1 heterocycles. The van der Waals surface area contributed by atoms with E-state index in [0.29, 0.717) is 5.92 Å². The Balaban J connectivity index is 2.60. The van der Waals surface area contributed by atoms with Gasteiger partial charge in [0, 0.05) is 17.6 Å². The molecule has 2 rings (SSSR count). The Morgan fingerprint density at radius 1 is 1.42 bits per heavy atom. The molecule has 0 fully saturated rings. The van der Waals surface area contributed by atoms with E-state index in [1.165, 1.54) is 27.7 Å². The maximum absolute atomic E-state index is 3.88. The summed E-state index contributed by atoms with van der Waals surface area (Å²) in [6.45, 7) is 15.1. The molecule has 19 heavy (non-hydrogen) atoms. The minimum absolute atomic E-state index is 0.250. The lowest BCUT2D eigenvalue weighted by molar-refractivity contribution is 0.457. The van der Waals surface area contributed by atoms with E-state index in [-0.39, 0.29) is 5.41 Å². The Kier molecular flexibility index (Phi) is 4.10. The van der Waals surface area contributed by atoms with Gasteiger partial charge in [-0.1, -0.05) is 39.8 Å². The molecule has 1 aliphatic rings. The molecule has 0 aromatic heterocycles. The molecule has 0 aliphatic carbocycles. The lowest BCUT2D eigenvalue weighted by atomic mass is 9.76. The maximum Gasteiger partial charge on any atom is 0.0551 e. The molecule has 0 amide bonds. The lowest BCUT2D eigenvalue weighted by Crippen LogP contribution is -2.37. The highest BCUT2D eigenvalue weighted by atomic mass is 79.9. The van der Waals surface area contributed by atoms with Gasteiger partial charge in [0.1, 0.15) is 0 Å². The molecule has 0 saturated carbocycles. The number of halogens is 1. The number of anilines is 1. The van der Waals surface area contributed by atoms with Crippen molar-refractivity contribution in [3.05, 3.63) is 40.4 Å². The summed E-state index contributed by atoms with van der Waals surface area (Å²) in [6.07, 6.45) is 3.19. The van der Waals surface area contributed by atoms with Gasteiger partial charge >= 0.3 is 0 Å². The predicted molar refractivity (Wildman–Crippen MR) is 88.3 cm³/mol. The zero-order valence-corrected chi connectivity index (χ0v) is 14.0. The van der Waals surface area contributed by atoms with Crippen molar-refractivity contribution in [3.63, 3.8) is 0 Å². The van der Waals surface area contributed by atoms with Crippen LogP contribution in [0.5, 0.6) is 0 Å². The largest absolute Gasteiger partial charge is 0.367 e. The average Bonchev–Trinajstić information content (AvgIpc) is 2.32. The first-order valence-electron chi connectivity index (χ1n) is 7.06. The van der Waals surface area contributed by atoms with Gasteiger partial charge < -0.3 is 4.90 Å². The van der Waals surface area contributed by atoms with Gasteiger partial charge in [-0.3, -0.25) is 0 Å². The third-order valence-electron chi connectivity index (χ3n) is 4.15. The average molecular weight is 322 g/mol. The van der Waals surface area contributed by atoms with Crippen LogP contribution in [0.1, 0.15) is 51.2 Å². The van der Waals surface area contributed by atoms with Crippen LogP contribution in [0.4, 0.5) is 5.69 Å². The van der Waals surface area contributed by atoms with E-state index in [9.17, 15) is 0 Å². The van der Waals surface area contributed by atoms with Crippen molar-refractivity contribution < 1.29 is 0 Å². The fourth-order valence-corrected chi connectivity index (χ4v) is 3.52. The van der Waals surface area contributed by atoms with Crippen molar-refractivity contribution in [2.75, 3.05) is 18.0 Å². The van der Waals surface area contributed by atoms with Gasteiger partial charge in [-0.2, -0.15) is 0 Å². The molecule has 0 saturated heterocycles. The minimum atomic E-state index is 0.250. The number of hydrogen-bond acceptors (Lipinski definition) is 1. The Labute approximate surface area is 125 Å². The molecule has 0 atom stereocenters. The molecule has 1 aromatic rings. The van der Waals surface area contributed by atoms with E-state index < -0.39 is 0 Å². The van der Waals surface area contributed by atoms with Crippen LogP contribution in [0.15, 0.2) is 29.3 Å². The highest BCUT2D eigenvalue weighted by molar-refractivity contribution is 9.10. The van der Waals surface area contributed by atoms with Crippen molar-refractivity contribution in [1.82, 2.24) is 0 Å². The number of benzene rings is 1. The normalized spacial score (nSPS) is 17.5. The molecular weight excluding hydrogens is 298 g/mol. The smallest absolute Gasteiger partial charge is 0.0551 e. The Morgan fingerprint density at radius 2 is 2.11 bits per heavy atom. The van der Waals surface area contributed by atoms with Crippen LogP contribution in [0, 0.1) is 0 Å². The summed E-state index contributed by atoms with van der Waals surface area (Å²) < 4.78 is 1.23. The first kappa shape index (κ1) is 14.6. The van der Waals surface area contributed by atoms with Crippen LogP contribution in [0.3, 0.4) is 0 Å². The van der Waals surface area contributed by atoms with E-state index >= 15 is 0 Å². The monoisotopic (exact) mass is 321 g/mol. The number of rotatable bonds is 3. The highest BCUT2D eigenvalue weighted by Gasteiger charge is 2.32. The molecule has 0 spiro atoms. The van der Waals surface area contributed by atoms with Crippen molar-refractivity contribution in [2.45, 2.75) is 45.4 Å². The van der Waals surface area contributed by atoms with E-state index in [2.05, 4.69) is 67.2 Å². The number of fused-ring (bicyclic) bond motifs is 1. The van der Waals surface area contributed by atoms with Crippen LogP contribution in [0.2, 0.25) is 0 Å². The second kappa shape index (κ2) is 5.32. The fraction of sp³-hybridized carbons (Fsp3) is 0.529. The van der Waals surface area contributed by atoms with Gasteiger partial charge in [0.2, 0.25) is 0 Å². The van der Waals surface area contributed by atoms with Gasteiger partial charge in [0.15, 0.2) is 0 Å². The predicted octanol–water partition coefficient (Wildman–Crippen LogP) is 5.25. The highest BCUT2D eigenvalue weighted by Crippen LogP contribution is 2.45. The standard InChI is InChI=1S/C17H24BrN/c1-6-8-19-9-7-17(4,5)14-10-13(12(2)3)11-15(18)16(14)19/h6,10-12H,1,7-9H2,2-5H3. The van der Waals surface area contributed by atoms with Crippen LogP contribution < -0.4 is 4.90 Å². The molecular formula is C17H24BrN. The van der Waals surface area contributed by atoms with E-state index in [4.69, 9.17) is 0 Å². The molecule has 2 heteroatoms. The van der Waals surface area contributed by atoms with Crippen molar-refractivity contribution in [3.8, 4) is 0 Å². The number of nitrogens with zero attached hydrogens (tertiary/aromatic N) is 1. The molecule has 0 unspecified atom stereocenters. The van der Waals surface area contributed by atoms with Gasteiger partial charge in [0.25, 0.3) is 0 Å². The first-order valence-corrected chi connectivity index (χ1v) is 7.86. The Hall–Kier alpha value is -0.760. The molecule has 1 aliphatic heterocycles. The molecule has 0 radical (unpaired) electrons. The second-order valence-corrected chi connectivity index (χ2v) is 7.28. The van der Waals surface area contributed by atoms with E-state index in [0.717, 1.165) is 13.1 Å². The molecule has 0 bridgehead atoms. The van der Waals surface area contributed by atoms with Crippen LogP contribution >= 0.6 is 15.9 Å².